The molecule has 0 heterocycles. The van der Waals surface area contributed by atoms with Gasteiger partial charge >= 0.3 is 0 Å². The van der Waals surface area contributed by atoms with E-state index in [4.69, 9.17) is 11.6 Å². The first kappa shape index (κ1) is 15.3. The summed E-state index contributed by atoms with van der Waals surface area (Å²) in [5.41, 5.74) is 1.30. The minimum Gasteiger partial charge on any atom is -0.310 e. The molecule has 2 unspecified atom stereocenters. The van der Waals surface area contributed by atoms with Crippen molar-refractivity contribution in [2.24, 2.45) is 5.92 Å². The minimum absolute atomic E-state index is 0.412. The molecular weight excluding hydrogens is 345 g/mol. The van der Waals surface area contributed by atoms with Crippen molar-refractivity contribution in [2.45, 2.75) is 39.7 Å². The van der Waals surface area contributed by atoms with Gasteiger partial charge in [0.1, 0.15) is 0 Å². The first-order valence-corrected chi connectivity index (χ1v) is 7.74. The third kappa shape index (κ3) is 4.42. The summed E-state index contributed by atoms with van der Waals surface area (Å²) in [4.78, 5) is 0. The fourth-order valence-electron chi connectivity index (χ4n) is 1.89. The molecule has 0 aromatic heterocycles. The van der Waals surface area contributed by atoms with E-state index in [0.29, 0.717) is 12.0 Å². The van der Waals surface area contributed by atoms with Crippen LogP contribution >= 0.6 is 34.2 Å². The van der Waals surface area contributed by atoms with Gasteiger partial charge in [-0.3, -0.25) is 0 Å². The number of halogens is 2. The highest BCUT2D eigenvalue weighted by atomic mass is 127. The molecule has 96 valence electrons. The van der Waals surface area contributed by atoms with Crippen molar-refractivity contribution in [1.82, 2.24) is 5.32 Å². The lowest BCUT2D eigenvalue weighted by atomic mass is 9.92. The van der Waals surface area contributed by atoms with E-state index in [-0.39, 0.29) is 0 Å². The summed E-state index contributed by atoms with van der Waals surface area (Å²) in [6.07, 6.45) is 2.33. The Kier molecular flexibility index (Phi) is 6.82. The second-order valence-corrected chi connectivity index (χ2v) is 6.06. The third-order valence-corrected chi connectivity index (χ3v) is 4.70. The van der Waals surface area contributed by atoms with Crippen molar-refractivity contribution in [1.29, 1.82) is 0 Å². The van der Waals surface area contributed by atoms with Gasteiger partial charge in [-0.2, -0.15) is 0 Å². The maximum atomic E-state index is 6.20. The normalized spacial score (nSPS) is 14.6. The summed E-state index contributed by atoms with van der Waals surface area (Å²) >= 11 is 8.47. The van der Waals surface area contributed by atoms with Gasteiger partial charge in [0.2, 0.25) is 0 Å². The highest BCUT2D eigenvalue weighted by molar-refractivity contribution is 14.1. The summed E-state index contributed by atoms with van der Waals surface area (Å²) < 4.78 is 1.12. The van der Waals surface area contributed by atoms with Crippen LogP contribution in [0, 0.1) is 9.49 Å². The predicted octanol–water partition coefficient (Wildman–Crippen LogP) is 5.03. The van der Waals surface area contributed by atoms with Gasteiger partial charge in [-0.1, -0.05) is 44.9 Å². The monoisotopic (exact) mass is 365 g/mol. The van der Waals surface area contributed by atoms with Crippen molar-refractivity contribution in [3.63, 3.8) is 0 Å². The van der Waals surface area contributed by atoms with Crippen LogP contribution < -0.4 is 5.32 Å². The van der Waals surface area contributed by atoms with Crippen molar-refractivity contribution >= 4 is 34.2 Å². The topological polar surface area (TPSA) is 12.0 Å². The molecule has 0 aliphatic rings. The fourth-order valence-corrected chi connectivity index (χ4v) is 2.41. The SMILES string of the molecule is CCCNC(c1ccc(I)c(Cl)c1)C(C)CC. The van der Waals surface area contributed by atoms with Crippen molar-refractivity contribution < 1.29 is 0 Å². The average Bonchev–Trinajstić information content (AvgIpc) is 2.33. The second-order valence-electron chi connectivity index (χ2n) is 4.49. The maximum Gasteiger partial charge on any atom is 0.0542 e. The van der Waals surface area contributed by atoms with Gasteiger partial charge in [0.05, 0.1) is 5.02 Å². The maximum absolute atomic E-state index is 6.20. The first-order chi connectivity index (χ1) is 8.10. The van der Waals surface area contributed by atoms with E-state index < -0.39 is 0 Å². The Balaban J connectivity index is 2.91. The molecule has 1 aromatic carbocycles. The van der Waals surface area contributed by atoms with E-state index in [1.54, 1.807) is 0 Å². The van der Waals surface area contributed by atoms with Crippen molar-refractivity contribution in [3.05, 3.63) is 32.4 Å². The molecule has 0 bridgehead atoms. The van der Waals surface area contributed by atoms with Crippen molar-refractivity contribution in [3.8, 4) is 0 Å². The van der Waals surface area contributed by atoms with Crippen LogP contribution in [0.15, 0.2) is 18.2 Å². The molecule has 0 aliphatic heterocycles. The van der Waals surface area contributed by atoms with Crippen LogP contribution in [-0.2, 0) is 0 Å². The lowest BCUT2D eigenvalue weighted by Crippen LogP contribution is -2.27. The van der Waals surface area contributed by atoms with Crippen LogP contribution in [0.1, 0.15) is 45.2 Å². The zero-order valence-electron chi connectivity index (χ0n) is 10.8. The Morgan fingerprint density at radius 3 is 2.59 bits per heavy atom. The molecule has 1 aromatic rings. The summed E-state index contributed by atoms with van der Waals surface area (Å²) in [5, 5.41) is 4.48. The molecule has 0 fully saturated rings. The summed E-state index contributed by atoms with van der Waals surface area (Å²) in [6, 6.07) is 6.80. The van der Waals surface area contributed by atoms with Gasteiger partial charge < -0.3 is 5.32 Å². The lowest BCUT2D eigenvalue weighted by molar-refractivity contribution is 0.377. The van der Waals surface area contributed by atoms with Crippen LogP contribution in [0.2, 0.25) is 5.02 Å². The number of rotatable bonds is 6. The summed E-state index contributed by atoms with van der Waals surface area (Å²) in [5.74, 6) is 0.623. The highest BCUT2D eigenvalue weighted by Crippen LogP contribution is 2.28. The number of hydrogen-bond donors (Lipinski definition) is 1. The van der Waals surface area contributed by atoms with Crippen LogP contribution in [0.5, 0.6) is 0 Å². The fraction of sp³-hybridized carbons (Fsp3) is 0.571. The molecule has 0 saturated carbocycles. The van der Waals surface area contributed by atoms with E-state index in [1.165, 1.54) is 12.0 Å². The molecule has 0 spiro atoms. The Morgan fingerprint density at radius 1 is 1.35 bits per heavy atom. The second kappa shape index (κ2) is 7.59. The van der Waals surface area contributed by atoms with Crippen LogP contribution in [0.3, 0.4) is 0 Å². The Labute approximate surface area is 123 Å². The van der Waals surface area contributed by atoms with Crippen LogP contribution in [-0.4, -0.2) is 6.54 Å². The Morgan fingerprint density at radius 2 is 2.06 bits per heavy atom. The van der Waals surface area contributed by atoms with Crippen molar-refractivity contribution in [2.75, 3.05) is 6.54 Å². The Hall–Kier alpha value is 0.200. The summed E-state index contributed by atoms with van der Waals surface area (Å²) in [7, 11) is 0. The third-order valence-electron chi connectivity index (χ3n) is 3.13. The molecular formula is C14H21ClIN. The molecule has 2 atom stereocenters. The number of nitrogens with one attached hydrogen (secondary N) is 1. The molecule has 0 radical (unpaired) electrons. The van der Waals surface area contributed by atoms with Crippen LogP contribution in [0.25, 0.3) is 0 Å². The molecule has 1 nitrogen and oxygen atoms in total. The smallest absolute Gasteiger partial charge is 0.0542 e. The predicted molar refractivity (Wildman–Crippen MR) is 84.7 cm³/mol. The standard InChI is InChI=1S/C14H21ClIN/c1-4-8-17-14(10(3)5-2)11-6-7-13(16)12(15)9-11/h6-7,9-10,14,17H,4-5,8H2,1-3H3. The van der Waals surface area contributed by atoms with E-state index >= 15 is 0 Å². The van der Waals surface area contributed by atoms with Gasteiger partial charge in [-0.05, 0) is 59.2 Å². The zero-order valence-corrected chi connectivity index (χ0v) is 13.7. The quantitative estimate of drug-likeness (QED) is 0.697. The molecule has 0 aliphatic carbocycles. The summed E-state index contributed by atoms with van der Waals surface area (Å²) in [6.45, 7) is 7.78. The lowest BCUT2D eigenvalue weighted by Gasteiger charge is -2.25. The Bertz CT molecular complexity index is 354. The van der Waals surface area contributed by atoms with Gasteiger partial charge in [0, 0.05) is 9.61 Å². The van der Waals surface area contributed by atoms with E-state index in [9.17, 15) is 0 Å². The largest absolute Gasteiger partial charge is 0.310 e. The van der Waals surface area contributed by atoms with Gasteiger partial charge in [0.15, 0.2) is 0 Å². The highest BCUT2D eigenvalue weighted by Gasteiger charge is 2.17. The number of hydrogen-bond acceptors (Lipinski definition) is 1. The molecule has 1 N–H and O–H groups in total. The van der Waals surface area contributed by atoms with E-state index in [1.807, 2.05) is 0 Å². The average molecular weight is 366 g/mol. The van der Waals surface area contributed by atoms with Gasteiger partial charge in [-0.15, -0.1) is 0 Å². The van der Waals surface area contributed by atoms with Gasteiger partial charge in [-0.25, -0.2) is 0 Å². The minimum atomic E-state index is 0.412. The number of benzene rings is 1. The van der Waals surface area contributed by atoms with E-state index in [0.717, 1.165) is 21.6 Å². The molecule has 3 heteroatoms. The molecule has 1 rings (SSSR count). The molecule has 0 saturated heterocycles. The molecule has 17 heavy (non-hydrogen) atoms. The zero-order chi connectivity index (χ0) is 12.8. The molecule has 0 amide bonds. The first-order valence-electron chi connectivity index (χ1n) is 6.28. The van der Waals surface area contributed by atoms with E-state index in [2.05, 4.69) is 66.9 Å². The van der Waals surface area contributed by atoms with Crippen LogP contribution in [0.4, 0.5) is 0 Å². The van der Waals surface area contributed by atoms with Gasteiger partial charge in [0.25, 0.3) is 0 Å².